The fraction of sp³-hybridized carbons (Fsp3) is 0.444. The minimum atomic E-state index is -1.96. The van der Waals surface area contributed by atoms with E-state index in [-0.39, 0.29) is 0 Å². The Labute approximate surface area is 150 Å². The van der Waals surface area contributed by atoms with Crippen LogP contribution in [-0.4, -0.2) is 11.7 Å². The average molecular weight is 355 g/mol. The summed E-state index contributed by atoms with van der Waals surface area (Å²) in [6.07, 6.45) is -0.709. The molecule has 7 heteroatoms. The van der Waals surface area contributed by atoms with E-state index in [9.17, 15) is 15.8 Å². The first-order valence-corrected chi connectivity index (χ1v) is 8.18. The van der Waals surface area contributed by atoms with Gasteiger partial charge in [-0.25, -0.2) is 0 Å². The van der Waals surface area contributed by atoms with Crippen LogP contribution in [0.2, 0.25) is 5.02 Å². The molecule has 2 aliphatic heterocycles. The standard InChI is InChI=1S/C18H15ClN4O2/c1-3-13-16(2)24-14(11-6-4-5-7-12(11)19)17(8-20,9-21)18(13,10-22)15(23)25-16/h4-7,13-14,23H,3H2,1-2H3. The van der Waals surface area contributed by atoms with E-state index in [1.165, 1.54) is 0 Å². The van der Waals surface area contributed by atoms with Gasteiger partial charge in [0, 0.05) is 17.5 Å². The summed E-state index contributed by atoms with van der Waals surface area (Å²) in [5.41, 5.74) is -3.27. The monoisotopic (exact) mass is 354 g/mol. The van der Waals surface area contributed by atoms with E-state index in [1.54, 1.807) is 31.2 Å². The number of nitrogens with one attached hydrogen (secondary N) is 1. The lowest BCUT2D eigenvalue weighted by Gasteiger charge is -2.48. The van der Waals surface area contributed by atoms with E-state index in [0.29, 0.717) is 17.0 Å². The maximum Gasteiger partial charge on any atom is 0.214 e. The molecule has 1 N–H and O–H groups in total. The van der Waals surface area contributed by atoms with Gasteiger partial charge in [-0.3, -0.25) is 5.41 Å². The van der Waals surface area contributed by atoms with Crippen molar-refractivity contribution in [2.75, 3.05) is 0 Å². The molecule has 25 heavy (non-hydrogen) atoms. The number of halogens is 1. The highest BCUT2D eigenvalue weighted by atomic mass is 35.5. The molecule has 0 radical (unpaired) electrons. The van der Waals surface area contributed by atoms with Gasteiger partial charge in [-0.05, 0) is 12.5 Å². The van der Waals surface area contributed by atoms with Crippen molar-refractivity contribution in [2.45, 2.75) is 32.2 Å². The zero-order valence-electron chi connectivity index (χ0n) is 13.7. The van der Waals surface area contributed by atoms with E-state index >= 15 is 0 Å². The van der Waals surface area contributed by atoms with Gasteiger partial charge in [-0.15, -0.1) is 0 Å². The molecule has 2 fully saturated rings. The number of hydrogen-bond acceptors (Lipinski definition) is 6. The molecule has 4 atom stereocenters. The molecule has 2 bridgehead atoms. The molecule has 0 aliphatic carbocycles. The van der Waals surface area contributed by atoms with Crippen LogP contribution in [0.25, 0.3) is 0 Å². The molecule has 2 aliphatic rings. The van der Waals surface area contributed by atoms with E-state index in [1.807, 2.05) is 19.1 Å². The lowest BCUT2D eigenvalue weighted by atomic mass is 9.53. The van der Waals surface area contributed by atoms with Gasteiger partial charge in [0.05, 0.1) is 24.1 Å². The lowest BCUT2D eigenvalue weighted by molar-refractivity contribution is -0.273. The highest BCUT2D eigenvalue weighted by Crippen LogP contribution is 2.67. The summed E-state index contributed by atoms with van der Waals surface area (Å²) in [5.74, 6) is -2.32. The summed E-state index contributed by atoms with van der Waals surface area (Å²) in [5, 5.41) is 38.6. The van der Waals surface area contributed by atoms with Crippen molar-refractivity contribution in [1.29, 1.82) is 21.2 Å². The Morgan fingerprint density at radius 3 is 2.36 bits per heavy atom. The third-order valence-corrected chi connectivity index (χ3v) is 5.65. The molecule has 1 aromatic rings. The summed E-state index contributed by atoms with van der Waals surface area (Å²) >= 11 is 6.28. The second-order valence-corrected chi connectivity index (χ2v) is 6.79. The van der Waals surface area contributed by atoms with Crippen LogP contribution in [0.1, 0.15) is 31.9 Å². The van der Waals surface area contributed by atoms with Crippen LogP contribution in [0.15, 0.2) is 24.3 Å². The molecule has 0 amide bonds. The first kappa shape index (κ1) is 17.2. The zero-order valence-corrected chi connectivity index (χ0v) is 14.5. The largest absolute Gasteiger partial charge is 0.448 e. The van der Waals surface area contributed by atoms with Crippen LogP contribution < -0.4 is 0 Å². The summed E-state index contributed by atoms with van der Waals surface area (Å²) < 4.78 is 11.7. The summed E-state index contributed by atoms with van der Waals surface area (Å²) in [7, 11) is 0. The quantitative estimate of drug-likeness (QED) is 0.869. The van der Waals surface area contributed by atoms with Crippen LogP contribution in [0, 0.1) is 56.2 Å². The zero-order chi connectivity index (χ0) is 18.5. The Hall–Kier alpha value is -2.59. The second-order valence-electron chi connectivity index (χ2n) is 6.38. The fourth-order valence-electron chi connectivity index (χ4n) is 4.19. The van der Waals surface area contributed by atoms with E-state index < -0.39 is 34.5 Å². The van der Waals surface area contributed by atoms with Gasteiger partial charge in [-0.2, -0.15) is 15.8 Å². The van der Waals surface area contributed by atoms with Crippen LogP contribution in [0.3, 0.4) is 0 Å². The smallest absolute Gasteiger partial charge is 0.214 e. The van der Waals surface area contributed by atoms with Crippen molar-refractivity contribution >= 4 is 17.5 Å². The van der Waals surface area contributed by atoms with Crippen LogP contribution >= 0.6 is 11.6 Å². The first-order chi connectivity index (χ1) is 11.9. The predicted molar refractivity (Wildman–Crippen MR) is 88.0 cm³/mol. The molecule has 2 saturated heterocycles. The molecule has 0 aromatic heterocycles. The van der Waals surface area contributed by atoms with Gasteiger partial charge in [0.2, 0.25) is 17.1 Å². The molecule has 4 unspecified atom stereocenters. The Kier molecular flexibility index (Phi) is 3.77. The third-order valence-electron chi connectivity index (χ3n) is 5.31. The Balaban J connectivity index is 2.37. The van der Waals surface area contributed by atoms with Gasteiger partial charge in [0.25, 0.3) is 0 Å². The molecule has 0 saturated carbocycles. The highest BCUT2D eigenvalue weighted by Gasteiger charge is 2.78. The van der Waals surface area contributed by atoms with Gasteiger partial charge >= 0.3 is 0 Å². The lowest BCUT2D eigenvalue weighted by Crippen LogP contribution is -2.58. The van der Waals surface area contributed by atoms with E-state index in [4.69, 9.17) is 26.5 Å². The maximum absolute atomic E-state index is 10.0. The van der Waals surface area contributed by atoms with Gasteiger partial charge < -0.3 is 9.47 Å². The Morgan fingerprint density at radius 2 is 1.84 bits per heavy atom. The maximum atomic E-state index is 10.0. The van der Waals surface area contributed by atoms with Gasteiger partial charge in [0.1, 0.15) is 6.10 Å². The third kappa shape index (κ3) is 1.83. The molecular formula is C18H15ClN4O2. The minimum absolute atomic E-state index is 0.319. The average Bonchev–Trinajstić information content (AvgIpc) is 2.78. The number of benzene rings is 1. The Morgan fingerprint density at radius 1 is 1.20 bits per heavy atom. The highest BCUT2D eigenvalue weighted by molar-refractivity contribution is 6.31. The topological polar surface area (TPSA) is 114 Å². The van der Waals surface area contributed by atoms with Crippen molar-refractivity contribution in [3.05, 3.63) is 34.9 Å². The van der Waals surface area contributed by atoms with Crippen LogP contribution in [0.4, 0.5) is 0 Å². The van der Waals surface area contributed by atoms with Crippen molar-refractivity contribution < 1.29 is 9.47 Å². The molecule has 1 aromatic carbocycles. The SMILES string of the molecule is CCC1C2(C)OC(=N)C1(C#N)C(C#N)(C#N)C(c1ccccc1Cl)O2. The molecule has 126 valence electrons. The van der Waals surface area contributed by atoms with Gasteiger partial charge in [-0.1, -0.05) is 36.7 Å². The Bertz CT molecular complexity index is 866. The minimum Gasteiger partial charge on any atom is -0.448 e. The van der Waals surface area contributed by atoms with E-state index in [0.717, 1.165) is 0 Å². The van der Waals surface area contributed by atoms with E-state index in [2.05, 4.69) is 6.07 Å². The number of rotatable bonds is 2. The fourth-order valence-corrected chi connectivity index (χ4v) is 4.43. The second kappa shape index (κ2) is 5.46. The number of fused-ring (bicyclic) bond motifs is 2. The number of ether oxygens (including phenoxy) is 2. The van der Waals surface area contributed by atoms with Crippen molar-refractivity contribution in [2.24, 2.45) is 16.7 Å². The normalized spacial score (nSPS) is 35.1. The summed E-state index contributed by atoms with van der Waals surface area (Å²) in [6.45, 7) is 3.45. The molecular weight excluding hydrogens is 340 g/mol. The van der Waals surface area contributed by atoms with Crippen molar-refractivity contribution in [3.63, 3.8) is 0 Å². The van der Waals surface area contributed by atoms with Crippen molar-refractivity contribution in [1.82, 2.24) is 0 Å². The van der Waals surface area contributed by atoms with Crippen LogP contribution in [0.5, 0.6) is 0 Å². The number of nitrogens with zero attached hydrogens (tertiary/aromatic N) is 3. The summed E-state index contributed by atoms with van der Waals surface area (Å²) in [4.78, 5) is 0. The number of nitriles is 3. The van der Waals surface area contributed by atoms with Gasteiger partial charge in [0.15, 0.2) is 5.41 Å². The van der Waals surface area contributed by atoms with Crippen LogP contribution in [-0.2, 0) is 9.47 Å². The predicted octanol–water partition coefficient (Wildman–Crippen LogP) is 3.70. The molecule has 2 heterocycles. The molecule has 0 spiro atoms. The number of hydrogen-bond donors (Lipinski definition) is 1. The molecule has 3 rings (SSSR count). The van der Waals surface area contributed by atoms with Crippen molar-refractivity contribution in [3.8, 4) is 18.2 Å². The first-order valence-electron chi connectivity index (χ1n) is 7.81. The summed E-state index contributed by atoms with van der Waals surface area (Å²) in [6, 6.07) is 12.8. The molecule has 6 nitrogen and oxygen atoms in total.